The third-order valence-corrected chi connectivity index (χ3v) is 5.00. The van der Waals surface area contributed by atoms with Crippen molar-refractivity contribution in [2.45, 2.75) is 23.1 Å². The van der Waals surface area contributed by atoms with E-state index >= 15 is 0 Å². The van der Waals surface area contributed by atoms with Gasteiger partial charge in [0, 0.05) is 6.07 Å². The van der Waals surface area contributed by atoms with Gasteiger partial charge in [0.15, 0.2) is 5.75 Å². The van der Waals surface area contributed by atoms with Crippen LogP contribution in [0.2, 0.25) is 0 Å². The first-order valence-corrected chi connectivity index (χ1v) is 7.38. The van der Waals surface area contributed by atoms with Crippen molar-refractivity contribution in [2.24, 2.45) is 0 Å². The summed E-state index contributed by atoms with van der Waals surface area (Å²) in [5.74, 6) is 1.33. The number of fused-ring (bicyclic) bond motifs is 1. The monoisotopic (exact) mass is 281 g/mol. The Hall–Kier alpha value is -1.27. The van der Waals surface area contributed by atoms with Crippen LogP contribution in [-0.2, 0) is 0 Å². The van der Waals surface area contributed by atoms with Crippen molar-refractivity contribution < 1.29 is 9.47 Å². The van der Waals surface area contributed by atoms with E-state index in [0.717, 1.165) is 18.0 Å². The average molecular weight is 281 g/mol. The molecule has 0 spiro atoms. The summed E-state index contributed by atoms with van der Waals surface area (Å²) < 4.78 is 11.1. The zero-order valence-electron chi connectivity index (χ0n) is 11.0. The number of ether oxygens (including phenoxy) is 2. The molecule has 0 bridgehead atoms. The molecule has 104 valence electrons. The van der Waals surface area contributed by atoms with Gasteiger partial charge in [-0.1, -0.05) is 11.8 Å². The lowest BCUT2D eigenvalue weighted by Crippen LogP contribution is -2.36. The minimum Gasteiger partial charge on any atom is -0.494 e. The van der Waals surface area contributed by atoms with Crippen molar-refractivity contribution >= 4 is 23.1 Å². The number of anilines is 2. The van der Waals surface area contributed by atoms with Crippen molar-refractivity contribution in [1.29, 1.82) is 0 Å². The van der Waals surface area contributed by atoms with Crippen molar-refractivity contribution in [1.82, 2.24) is 4.90 Å². The fourth-order valence-electron chi connectivity index (χ4n) is 2.62. The number of methoxy groups -OCH3 is 1. The summed E-state index contributed by atoms with van der Waals surface area (Å²) in [5, 5.41) is 0.323. The van der Waals surface area contributed by atoms with E-state index in [2.05, 4.69) is 4.90 Å². The fourth-order valence-corrected chi connectivity index (χ4v) is 3.90. The first-order chi connectivity index (χ1) is 9.20. The molecular weight excluding hydrogens is 262 g/mol. The van der Waals surface area contributed by atoms with Gasteiger partial charge in [-0.2, -0.15) is 0 Å². The Balaban J connectivity index is 1.92. The molecule has 5 nitrogen and oxygen atoms in total. The van der Waals surface area contributed by atoms with Crippen molar-refractivity contribution in [3.63, 3.8) is 0 Å². The standard InChI is InChI=1S/C13H19N3O2S/c1-17-9-6-8(14)12-13(11(9)15)19-10(7-18-12)16-4-2-3-5-16/h6,10H,2-5,7,14-15H2,1H3. The summed E-state index contributed by atoms with van der Waals surface area (Å²) >= 11 is 1.74. The van der Waals surface area contributed by atoms with Crippen LogP contribution in [0.1, 0.15) is 12.8 Å². The molecule has 1 unspecified atom stereocenters. The highest BCUT2D eigenvalue weighted by atomic mass is 32.2. The van der Waals surface area contributed by atoms with E-state index in [4.69, 9.17) is 20.9 Å². The summed E-state index contributed by atoms with van der Waals surface area (Å²) in [6.07, 6.45) is 2.53. The molecule has 19 heavy (non-hydrogen) atoms. The summed E-state index contributed by atoms with van der Waals surface area (Å²) in [5.41, 5.74) is 13.4. The minimum atomic E-state index is 0.323. The summed E-state index contributed by atoms with van der Waals surface area (Å²) in [6.45, 7) is 2.93. The summed E-state index contributed by atoms with van der Waals surface area (Å²) in [6, 6.07) is 1.73. The van der Waals surface area contributed by atoms with Gasteiger partial charge < -0.3 is 20.9 Å². The lowest BCUT2D eigenvalue weighted by Gasteiger charge is -2.32. The highest BCUT2D eigenvalue weighted by Gasteiger charge is 2.31. The molecule has 2 aliphatic heterocycles. The molecule has 0 aromatic heterocycles. The van der Waals surface area contributed by atoms with Crippen LogP contribution < -0.4 is 20.9 Å². The molecule has 1 saturated heterocycles. The molecule has 4 N–H and O–H groups in total. The van der Waals surface area contributed by atoms with Gasteiger partial charge in [0.2, 0.25) is 0 Å². The molecule has 1 aromatic carbocycles. The summed E-state index contributed by atoms with van der Waals surface area (Å²) in [4.78, 5) is 3.36. The molecule has 2 heterocycles. The molecule has 3 rings (SSSR count). The molecule has 6 heteroatoms. The van der Waals surface area contributed by atoms with E-state index in [9.17, 15) is 0 Å². The second kappa shape index (κ2) is 5.02. The summed E-state index contributed by atoms with van der Waals surface area (Å²) in [7, 11) is 1.60. The molecule has 1 fully saturated rings. The van der Waals surface area contributed by atoms with Gasteiger partial charge >= 0.3 is 0 Å². The maximum atomic E-state index is 6.14. The van der Waals surface area contributed by atoms with Gasteiger partial charge in [-0.3, -0.25) is 4.90 Å². The second-order valence-electron chi connectivity index (χ2n) is 4.87. The number of nitrogens with zero attached hydrogens (tertiary/aromatic N) is 1. The predicted molar refractivity (Wildman–Crippen MR) is 77.8 cm³/mol. The Bertz CT molecular complexity index is 489. The zero-order chi connectivity index (χ0) is 13.4. The quantitative estimate of drug-likeness (QED) is 0.805. The van der Waals surface area contributed by atoms with Crippen LogP contribution in [0.5, 0.6) is 11.5 Å². The molecule has 0 amide bonds. The van der Waals surface area contributed by atoms with Gasteiger partial charge in [-0.05, 0) is 25.9 Å². The van der Waals surface area contributed by atoms with Crippen molar-refractivity contribution in [3.8, 4) is 11.5 Å². The van der Waals surface area contributed by atoms with Crippen LogP contribution in [0.15, 0.2) is 11.0 Å². The Morgan fingerprint density at radius 1 is 1.37 bits per heavy atom. The van der Waals surface area contributed by atoms with E-state index in [-0.39, 0.29) is 0 Å². The van der Waals surface area contributed by atoms with Crippen LogP contribution in [0.4, 0.5) is 11.4 Å². The Labute approximate surface area is 117 Å². The normalized spacial score (nSPS) is 22.9. The van der Waals surface area contributed by atoms with Gasteiger partial charge in [0.25, 0.3) is 0 Å². The lowest BCUT2D eigenvalue weighted by atomic mass is 10.2. The van der Waals surface area contributed by atoms with E-state index in [1.165, 1.54) is 12.8 Å². The predicted octanol–water partition coefficient (Wildman–Crippen LogP) is 1.77. The van der Waals surface area contributed by atoms with Gasteiger partial charge in [-0.15, -0.1) is 0 Å². The van der Waals surface area contributed by atoms with Crippen LogP contribution in [0.3, 0.4) is 0 Å². The van der Waals surface area contributed by atoms with Gasteiger partial charge in [0.05, 0.1) is 28.8 Å². The molecule has 1 atom stereocenters. The highest BCUT2D eigenvalue weighted by molar-refractivity contribution is 8.00. The number of nitrogen functional groups attached to an aromatic ring is 2. The molecule has 0 radical (unpaired) electrons. The number of rotatable bonds is 2. The molecule has 0 saturated carbocycles. The largest absolute Gasteiger partial charge is 0.494 e. The molecule has 0 aliphatic carbocycles. The average Bonchev–Trinajstić information content (AvgIpc) is 2.96. The van der Waals surface area contributed by atoms with Gasteiger partial charge in [0.1, 0.15) is 12.4 Å². The number of thioether (sulfide) groups is 1. The van der Waals surface area contributed by atoms with Crippen LogP contribution >= 0.6 is 11.8 Å². The Kier molecular flexibility index (Phi) is 3.36. The van der Waals surface area contributed by atoms with Gasteiger partial charge in [-0.25, -0.2) is 0 Å². The van der Waals surface area contributed by atoms with E-state index in [0.29, 0.717) is 34.9 Å². The maximum absolute atomic E-state index is 6.14. The number of benzene rings is 1. The first-order valence-electron chi connectivity index (χ1n) is 6.50. The van der Waals surface area contributed by atoms with Crippen molar-refractivity contribution in [2.75, 3.05) is 38.3 Å². The zero-order valence-corrected chi connectivity index (χ0v) is 11.8. The SMILES string of the molecule is COc1cc(N)c2c(c1N)SC(N1CCCC1)CO2. The lowest BCUT2D eigenvalue weighted by molar-refractivity contribution is 0.207. The molecule has 2 aliphatic rings. The Morgan fingerprint density at radius 2 is 2.11 bits per heavy atom. The van der Waals surface area contributed by atoms with Crippen LogP contribution in [-0.4, -0.2) is 37.1 Å². The van der Waals surface area contributed by atoms with Crippen LogP contribution in [0, 0.1) is 0 Å². The third kappa shape index (κ3) is 2.19. The second-order valence-corrected chi connectivity index (χ2v) is 6.05. The van der Waals surface area contributed by atoms with E-state index in [1.54, 1.807) is 24.9 Å². The number of hydrogen-bond acceptors (Lipinski definition) is 6. The smallest absolute Gasteiger partial charge is 0.158 e. The molecular formula is C13H19N3O2S. The van der Waals surface area contributed by atoms with Crippen molar-refractivity contribution in [3.05, 3.63) is 6.07 Å². The van der Waals surface area contributed by atoms with Crippen LogP contribution in [0.25, 0.3) is 0 Å². The maximum Gasteiger partial charge on any atom is 0.158 e. The molecule has 1 aromatic rings. The fraction of sp³-hybridized carbons (Fsp3) is 0.538. The minimum absolute atomic E-state index is 0.323. The highest BCUT2D eigenvalue weighted by Crippen LogP contribution is 2.49. The first kappa shape index (κ1) is 12.7. The number of hydrogen-bond donors (Lipinski definition) is 2. The number of nitrogens with two attached hydrogens (primary N) is 2. The van der Waals surface area contributed by atoms with E-state index in [1.807, 2.05) is 0 Å². The number of likely N-dealkylation sites (tertiary alicyclic amines) is 1. The Morgan fingerprint density at radius 3 is 2.79 bits per heavy atom. The topological polar surface area (TPSA) is 73.7 Å². The third-order valence-electron chi connectivity index (χ3n) is 3.66. The van der Waals surface area contributed by atoms with E-state index < -0.39 is 0 Å².